The van der Waals surface area contributed by atoms with Crippen LogP contribution in [0.5, 0.6) is 0 Å². The Labute approximate surface area is 111 Å². The molecule has 1 rings (SSSR count). The van der Waals surface area contributed by atoms with Crippen LogP contribution in [0.1, 0.15) is 27.2 Å². The van der Waals surface area contributed by atoms with E-state index in [0.29, 0.717) is 6.42 Å². The average Bonchev–Trinajstić information content (AvgIpc) is 2.28. The summed E-state index contributed by atoms with van der Waals surface area (Å²) in [4.78, 5) is 32.7. The largest absolute Gasteiger partial charge is 0.463 e. The van der Waals surface area contributed by atoms with E-state index in [0.717, 1.165) is 0 Å². The zero-order valence-electron chi connectivity index (χ0n) is 11.2. The van der Waals surface area contributed by atoms with E-state index < -0.39 is 30.1 Å². The lowest BCUT2D eigenvalue weighted by Crippen LogP contribution is -2.47. The molecule has 0 aromatic rings. The Balaban J connectivity index is 2.56. The van der Waals surface area contributed by atoms with Crippen LogP contribution >= 0.6 is 0 Å². The topological polar surface area (TPSA) is 88.1 Å². The van der Waals surface area contributed by atoms with Crippen LogP contribution in [0, 0.1) is 0 Å². The van der Waals surface area contributed by atoms with Crippen molar-refractivity contribution in [3.05, 3.63) is 0 Å². The molecule has 3 atom stereocenters. The van der Waals surface area contributed by atoms with E-state index in [1.807, 2.05) is 0 Å². The van der Waals surface area contributed by atoms with Crippen molar-refractivity contribution < 1.29 is 33.3 Å². The molecule has 0 bridgehead atoms. The molecule has 108 valence electrons. The summed E-state index contributed by atoms with van der Waals surface area (Å²) < 4.78 is 20.4. The highest BCUT2D eigenvalue weighted by atomic mass is 16.6. The van der Waals surface area contributed by atoms with Crippen molar-refractivity contribution in [1.82, 2.24) is 0 Å². The molecule has 0 aromatic carbocycles. The molecule has 0 spiro atoms. The molecule has 0 amide bonds. The van der Waals surface area contributed by atoms with Gasteiger partial charge in [-0.05, 0) is 0 Å². The monoisotopic (exact) mass is 274 g/mol. The number of hydrogen-bond acceptors (Lipinski definition) is 7. The van der Waals surface area contributed by atoms with E-state index >= 15 is 0 Å². The van der Waals surface area contributed by atoms with E-state index in [9.17, 15) is 14.4 Å². The second-order valence-corrected chi connectivity index (χ2v) is 4.29. The van der Waals surface area contributed by atoms with Gasteiger partial charge in [-0.3, -0.25) is 14.4 Å². The minimum absolute atomic E-state index is 0.0832. The van der Waals surface area contributed by atoms with Gasteiger partial charge in [0.15, 0.2) is 6.10 Å². The number of esters is 3. The number of ether oxygens (including phenoxy) is 4. The molecule has 19 heavy (non-hydrogen) atoms. The van der Waals surface area contributed by atoms with Gasteiger partial charge in [0, 0.05) is 27.2 Å². The van der Waals surface area contributed by atoms with Gasteiger partial charge in [-0.1, -0.05) is 0 Å². The minimum Gasteiger partial charge on any atom is -0.463 e. The third-order valence-electron chi connectivity index (χ3n) is 2.51. The molecule has 0 radical (unpaired) electrons. The Morgan fingerprint density at radius 2 is 1.58 bits per heavy atom. The smallest absolute Gasteiger partial charge is 0.303 e. The molecule has 1 heterocycles. The predicted molar refractivity (Wildman–Crippen MR) is 62.1 cm³/mol. The van der Waals surface area contributed by atoms with Crippen molar-refractivity contribution in [2.24, 2.45) is 0 Å². The number of carbonyl (C=O) groups is 3. The lowest BCUT2D eigenvalue weighted by atomic mass is 10.0. The molecular formula is C12H18O7. The maximum absolute atomic E-state index is 11.0. The third-order valence-corrected chi connectivity index (χ3v) is 2.51. The van der Waals surface area contributed by atoms with E-state index in [1.165, 1.54) is 20.8 Å². The van der Waals surface area contributed by atoms with Crippen LogP contribution in [0.3, 0.4) is 0 Å². The van der Waals surface area contributed by atoms with Crippen LogP contribution in [-0.2, 0) is 33.3 Å². The van der Waals surface area contributed by atoms with Crippen LogP contribution in [0.15, 0.2) is 0 Å². The number of hydrogen-bond donors (Lipinski definition) is 0. The summed E-state index contributed by atoms with van der Waals surface area (Å²) in [6, 6.07) is 0. The van der Waals surface area contributed by atoms with Gasteiger partial charge in [-0.15, -0.1) is 0 Å². The molecule has 7 heteroatoms. The van der Waals surface area contributed by atoms with Crippen molar-refractivity contribution >= 4 is 17.9 Å². The van der Waals surface area contributed by atoms with Gasteiger partial charge in [-0.25, -0.2) is 0 Å². The van der Waals surface area contributed by atoms with Crippen molar-refractivity contribution in [3.63, 3.8) is 0 Å². The Morgan fingerprint density at radius 3 is 2.11 bits per heavy atom. The van der Waals surface area contributed by atoms with Gasteiger partial charge < -0.3 is 18.9 Å². The van der Waals surface area contributed by atoms with Gasteiger partial charge in [0.1, 0.15) is 12.7 Å². The zero-order chi connectivity index (χ0) is 14.4. The van der Waals surface area contributed by atoms with Crippen LogP contribution in [0.25, 0.3) is 0 Å². The molecule has 1 unspecified atom stereocenters. The fourth-order valence-electron chi connectivity index (χ4n) is 1.80. The zero-order valence-corrected chi connectivity index (χ0v) is 11.2. The van der Waals surface area contributed by atoms with Crippen molar-refractivity contribution in [1.29, 1.82) is 0 Å². The van der Waals surface area contributed by atoms with Gasteiger partial charge in [0.25, 0.3) is 0 Å². The van der Waals surface area contributed by atoms with E-state index in [-0.39, 0.29) is 19.3 Å². The highest BCUT2D eigenvalue weighted by molar-refractivity contribution is 5.67. The summed E-state index contributed by atoms with van der Waals surface area (Å²) in [5.74, 6) is -1.34. The van der Waals surface area contributed by atoms with E-state index in [1.54, 1.807) is 0 Å². The molecule has 0 aromatic heterocycles. The van der Waals surface area contributed by atoms with Crippen LogP contribution in [-0.4, -0.2) is 49.4 Å². The normalized spacial score (nSPS) is 26.4. The van der Waals surface area contributed by atoms with Crippen LogP contribution in [0.2, 0.25) is 0 Å². The first-order valence-electron chi connectivity index (χ1n) is 5.98. The molecule has 0 N–H and O–H groups in total. The second-order valence-electron chi connectivity index (χ2n) is 4.29. The lowest BCUT2D eigenvalue weighted by molar-refractivity contribution is -0.192. The maximum atomic E-state index is 11.0. The van der Waals surface area contributed by atoms with Crippen LogP contribution < -0.4 is 0 Å². The summed E-state index contributed by atoms with van der Waals surface area (Å²) in [6.45, 7) is 4.04. The Bertz CT molecular complexity index is 352. The minimum atomic E-state index is -0.630. The molecular weight excluding hydrogens is 256 g/mol. The average molecular weight is 274 g/mol. The van der Waals surface area contributed by atoms with Gasteiger partial charge in [0.05, 0.1) is 12.7 Å². The third kappa shape index (κ3) is 5.69. The molecule has 1 aliphatic rings. The Hall–Kier alpha value is -1.63. The molecule has 0 saturated carbocycles. The second kappa shape index (κ2) is 7.08. The summed E-state index contributed by atoms with van der Waals surface area (Å²) in [7, 11) is 0. The number of carbonyl (C=O) groups excluding carboxylic acids is 3. The first-order chi connectivity index (χ1) is 8.88. The van der Waals surface area contributed by atoms with Gasteiger partial charge in [0.2, 0.25) is 0 Å². The van der Waals surface area contributed by atoms with Crippen molar-refractivity contribution in [2.75, 3.05) is 13.2 Å². The molecule has 0 aliphatic carbocycles. The fraction of sp³-hybridized carbons (Fsp3) is 0.750. The van der Waals surface area contributed by atoms with Crippen molar-refractivity contribution in [3.8, 4) is 0 Å². The summed E-state index contributed by atoms with van der Waals surface area (Å²) in [5.41, 5.74) is 0. The first kappa shape index (κ1) is 15.4. The molecule has 1 fully saturated rings. The van der Waals surface area contributed by atoms with E-state index in [2.05, 4.69) is 0 Å². The van der Waals surface area contributed by atoms with Crippen LogP contribution in [0.4, 0.5) is 0 Å². The maximum Gasteiger partial charge on any atom is 0.303 e. The SMILES string of the molecule is CC(=O)OC[C@@H]1CC(OC(C)=O)[C@@H](OC(C)=O)CO1. The standard InChI is InChI=1S/C12H18O7/c1-7(13)16-5-10-4-11(18-8(2)14)12(6-17-10)19-9(3)15/h10-12H,4-6H2,1-3H3/t10-,11?,12-/m0/s1. The Kier molecular flexibility index (Phi) is 5.75. The van der Waals surface area contributed by atoms with E-state index in [4.69, 9.17) is 18.9 Å². The highest BCUT2D eigenvalue weighted by Crippen LogP contribution is 2.21. The fourth-order valence-corrected chi connectivity index (χ4v) is 1.80. The number of rotatable bonds is 4. The summed E-state index contributed by atoms with van der Waals surface area (Å²) in [5, 5.41) is 0. The highest BCUT2D eigenvalue weighted by Gasteiger charge is 2.36. The predicted octanol–water partition coefficient (Wildman–Crippen LogP) is 0.202. The summed E-state index contributed by atoms with van der Waals surface area (Å²) >= 11 is 0. The van der Waals surface area contributed by atoms with Gasteiger partial charge in [-0.2, -0.15) is 0 Å². The molecule has 7 nitrogen and oxygen atoms in total. The molecule has 1 aliphatic heterocycles. The van der Waals surface area contributed by atoms with Gasteiger partial charge >= 0.3 is 17.9 Å². The first-order valence-corrected chi connectivity index (χ1v) is 5.98. The lowest BCUT2D eigenvalue weighted by Gasteiger charge is -2.34. The Morgan fingerprint density at radius 1 is 1.00 bits per heavy atom. The molecule has 1 saturated heterocycles. The summed E-state index contributed by atoms with van der Waals surface area (Å²) in [6.07, 6.45) is -1.28. The quantitative estimate of drug-likeness (QED) is 0.534. The van der Waals surface area contributed by atoms with Crippen molar-refractivity contribution in [2.45, 2.75) is 45.5 Å².